The van der Waals surface area contributed by atoms with Crippen LogP contribution in [0, 0.1) is 18.8 Å². The average molecular weight is 248 g/mol. The summed E-state index contributed by atoms with van der Waals surface area (Å²) in [6.07, 6.45) is 10.1. The molecule has 0 aliphatic heterocycles. The predicted molar refractivity (Wildman–Crippen MR) is 72.6 cm³/mol. The van der Waals surface area contributed by atoms with E-state index < -0.39 is 0 Å². The molecule has 100 valence electrons. The molecule has 4 heteroatoms. The first-order valence-corrected chi connectivity index (χ1v) is 6.99. The number of hydrogen-bond donors (Lipinski definition) is 2. The van der Waals surface area contributed by atoms with Gasteiger partial charge in [-0.3, -0.25) is 21.2 Å². The monoisotopic (exact) mass is 248 g/mol. The molecule has 1 unspecified atom stereocenters. The Hall–Kier alpha value is -1.00. The second kappa shape index (κ2) is 6.25. The molecule has 0 bridgehead atoms. The summed E-state index contributed by atoms with van der Waals surface area (Å²) in [6.45, 7) is 4.24. The highest BCUT2D eigenvalue weighted by Gasteiger charge is 2.28. The molecule has 0 aromatic carbocycles. The van der Waals surface area contributed by atoms with Crippen LogP contribution in [0.15, 0.2) is 12.4 Å². The zero-order chi connectivity index (χ0) is 13.0. The summed E-state index contributed by atoms with van der Waals surface area (Å²) in [7, 11) is 0. The summed E-state index contributed by atoms with van der Waals surface area (Å²) in [5, 5.41) is 0. The molecule has 1 aromatic heterocycles. The van der Waals surface area contributed by atoms with Crippen LogP contribution < -0.4 is 11.3 Å². The number of hydrazine groups is 1. The zero-order valence-electron chi connectivity index (χ0n) is 11.4. The van der Waals surface area contributed by atoms with Gasteiger partial charge in [-0.1, -0.05) is 26.2 Å². The van der Waals surface area contributed by atoms with Crippen LogP contribution in [0.4, 0.5) is 0 Å². The minimum Gasteiger partial charge on any atom is -0.271 e. The van der Waals surface area contributed by atoms with Crippen molar-refractivity contribution in [3.63, 3.8) is 0 Å². The van der Waals surface area contributed by atoms with Gasteiger partial charge in [-0.05, 0) is 31.6 Å². The average Bonchev–Trinajstić information content (AvgIpc) is 2.42. The summed E-state index contributed by atoms with van der Waals surface area (Å²) in [5.41, 5.74) is 4.86. The Kier molecular flexibility index (Phi) is 4.66. The summed E-state index contributed by atoms with van der Waals surface area (Å²) < 4.78 is 0. The maximum Gasteiger partial charge on any atom is 0.0772 e. The van der Waals surface area contributed by atoms with E-state index in [4.69, 9.17) is 5.84 Å². The van der Waals surface area contributed by atoms with Crippen molar-refractivity contribution in [1.29, 1.82) is 0 Å². The SMILES string of the molecule is CCC1CCC(C(NN)c2cnc(C)cn2)CC1. The molecule has 18 heavy (non-hydrogen) atoms. The van der Waals surface area contributed by atoms with Crippen molar-refractivity contribution in [1.82, 2.24) is 15.4 Å². The van der Waals surface area contributed by atoms with Crippen LogP contribution in [0.5, 0.6) is 0 Å². The predicted octanol–water partition coefficient (Wildman–Crippen LogP) is 2.51. The Labute approximate surface area is 109 Å². The minimum atomic E-state index is 0.149. The molecule has 1 atom stereocenters. The largest absolute Gasteiger partial charge is 0.271 e. The summed E-state index contributed by atoms with van der Waals surface area (Å²) in [5.74, 6) is 7.22. The van der Waals surface area contributed by atoms with Crippen LogP contribution in [-0.2, 0) is 0 Å². The van der Waals surface area contributed by atoms with Gasteiger partial charge < -0.3 is 0 Å². The van der Waals surface area contributed by atoms with E-state index in [0.717, 1.165) is 17.3 Å². The normalized spacial score (nSPS) is 25.9. The van der Waals surface area contributed by atoms with Crippen LogP contribution in [0.25, 0.3) is 0 Å². The highest BCUT2D eigenvalue weighted by Crippen LogP contribution is 2.36. The van der Waals surface area contributed by atoms with Crippen LogP contribution >= 0.6 is 0 Å². The van der Waals surface area contributed by atoms with Crippen molar-refractivity contribution in [3.05, 3.63) is 23.8 Å². The number of aromatic nitrogens is 2. The third-order valence-corrected chi connectivity index (χ3v) is 4.24. The maximum atomic E-state index is 5.72. The molecular formula is C14H24N4. The molecular weight excluding hydrogens is 224 g/mol. The summed E-state index contributed by atoms with van der Waals surface area (Å²) in [4.78, 5) is 8.77. The van der Waals surface area contributed by atoms with E-state index in [0.29, 0.717) is 5.92 Å². The van der Waals surface area contributed by atoms with Crippen molar-refractivity contribution < 1.29 is 0 Å². The topological polar surface area (TPSA) is 63.8 Å². The fourth-order valence-corrected chi connectivity index (χ4v) is 2.96. The highest BCUT2D eigenvalue weighted by molar-refractivity contribution is 5.07. The second-order valence-electron chi connectivity index (χ2n) is 5.42. The van der Waals surface area contributed by atoms with Gasteiger partial charge in [0.05, 0.1) is 23.6 Å². The van der Waals surface area contributed by atoms with Gasteiger partial charge >= 0.3 is 0 Å². The van der Waals surface area contributed by atoms with E-state index in [2.05, 4.69) is 22.3 Å². The standard InChI is InChI=1S/C14H24N4/c1-3-11-4-6-12(7-5-11)14(18-15)13-9-16-10(2)8-17-13/h8-9,11-12,14,18H,3-7,15H2,1-2H3. The second-order valence-corrected chi connectivity index (χ2v) is 5.42. The van der Waals surface area contributed by atoms with Gasteiger partial charge in [0.1, 0.15) is 0 Å². The van der Waals surface area contributed by atoms with E-state index in [1.165, 1.54) is 32.1 Å². The number of nitrogens with one attached hydrogen (secondary N) is 1. The molecule has 1 aliphatic carbocycles. The maximum absolute atomic E-state index is 5.72. The number of nitrogens with zero attached hydrogens (tertiary/aromatic N) is 2. The molecule has 4 nitrogen and oxygen atoms in total. The molecule has 1 aromatic rings. The highest BCUT2D eigenvalue weighted by atomic mass is 15.2. The molecule has 2 rings (SSSR count). The number of hydrogen-bond acceptors (Lipinski definition) is 4. The summed E-state index contributed by atoms with van der Waals surface area (Å²) in [6, 6.07) is 0.149. The number of aryl methyl sites for hydroxylation is 1. The Morgan fingerprint density at radius 1 is 1.28 bits per heavy atom. The molecule has 1 fully saturated rings. The molecule has 1 aliphatic rings. The quantitative estimate of drug-likeness (QED) is 0.635. The Bertz CT molecular complexity index is 355. The van der Waals surface area contributed by atoms with Crippen LogP contribution in [0.3, 0.4) is 0 Å². The van der Waals surface area contributed by atoms with Crippen molar-refractivity contribution in [3.8, 4) is 0 Å². The van der Waals surface area contributed by atoms with Gasteiger partial charge in [-0.25, -0.2) is 0 Å². The van der Waals surface area contributed by atoms with E-state index in [9.17, 15) is 0 Å². The van der Waals surface area contributed by atoms with E-state index in [-0.39, 0.29) is 6.04 Å². The third-order valence-electron chi connectivity index (χ3n) is 4.24. The Morgan fingerprint density at radius 2 is 2.00 bits per heavy atom. The fourth-order valence-electron chi connectivity index (χ4n) is 2.96. The Balaban J connectivity index is 2.03. The number of nitrogens with two attached hydrogens (primary N) is 1. The van der Waals surface area contributed by atoms with Crippen LogP contribution in [0.2, 0.25) is 0 Å². The van der Waals surface area contributed by atoms with Crippen LogP contribution in [-0.4, -0.2) is 9.97 Å². The fraction of sp³-hybridized carbons (Fsp3) is 0.714. The van der Waals surface area contributed by atoms with Crippen molar-refractivity contribution >= 4 is 0 Å². The van der Waals surface area contributed by atoms with Gasteiger partial charge in [0, 0.05) is 6.20 Å². The first-order chi connectivity index (χ1) is 8.74. The zero-order valence-corrected chi connectivity index (χ0v) is 11.4. The van der Waals surface area contributed by atoms with Gasteiger partial charge in [0.25, 0.3) is 0 Å². The lowest BCUT2D eigenvalue weighted by Crippen LogP contribution is -2.36. The lowest BCUT2D eigenvalue weighted by atomic mass is 9.77. The first kappa shape index (κ1) is 13.4. The molecule has 0 amide bonds. The van der Waals surface area contributed by atoms with Crippen molar-refractivity contribution in [2.24, 2.45) is 17.7 Å². The molecule has 0 spiro atoms. The molecule has 3 N–H and O–H groups in total. The molecule has 1 saturated carbocycles. The smallest absolute Gasteiger partial charge is 0.0772 e. The van der Waals surface area contributed by atoms with E-state index >= 15 is 0 Å². The van der Waals surface area contributed by atoms with Crippen molar-refractivity contribution in [2.45, 2.75) is 52.0 Å². The van der Waals surface area contributed by atoms with E-state index in [1.807, 2.05) is 19.3 Å². The minimum absolute atomic E-state index is 0.149. The number of rotatable bonds is 4. The first-order valence-electron chi connectivity index (χ1n) is 6.99. The lowest BCUT2D eigenvalue weighted by molar-refractivity contribution is 0.217. The van der Waals surface area contributed by atoms with Crippen LogP contribution in [0.1, 0.15) is 56.5 Å². The summed E-state index contributed by atoms with van der Waals surface area (Å²) >= 11 is 0. The van der Waals surface area contributed by atoms with Gasteiger partial charge in [0.15, 0.2) is 0 Å². The van der Waals surface area contributed by atoms with Crippen molar-refractivity contribution in [2.75, 3.05) is 0 Å². The molecule has 0 radical (unpaired) electrons. The lowest BCUT2D eigenvalue weighted by Gasteiger charge is -2.32. The van der Waals surface area contributed by atoms with E-state index in [1.54, 1.807) is 0 Å². The molecule has 1 heterocycles. The van der Waals surface area contributed by atoms with Gasteiger partial charge in [0.2, 0.25) is 0 Å². The van der Waals surface area contributed by atoms with Gasteiger partial charge in [-0.2, -0.15) is 0 Å². The Morgan fingerprint density at radius 3 is 2.50 bits per heavy atom. The molecule has 0 saturated heterocycles. The van der Waals surface area contributed by atoms with Gasteiger partial charge in [-0.15, -0.1) is 0 Å². The third kappa shape index (κ3) is 3.06.